The second kappa shape index (κ2) is 10.6. The molecule has 6 heteroatoms. The van der Waals surface area contributed by atoms with Gasteiger partial charge in [-0.2, -0.15) is 0 Å². The predicted molar refractivity (Wildman–Crippen MR) is 146 cm³/mol. The molecule has 5 nitrogen and oxygen atoms in total. The lowest BCUT2D eigenvalue weighted by molar-refractivity contribution is 0.343. The van der Waals surface area contributed by atoms with Crippen molar-refractivity contribution in [1.29, 1.82) is 0 Å². The summed E-state index contributed by atoms with van der Waals surface area (Å²) in [5.74, 6) is 1.70. The lowest BCUT2D eigenvalue weighted by atomic mass is 9.87. The van der Waals surface area contributed by atoms with Gasteiger partial charge in [0, 0.05) is 48.8 Å². The number of rotatable bonds is 7. The van der Waals surface area contributed by atoms with E-state index in [4.69, 9.17) is 4.98 Å². The number of hydrogen-bond acceptors (Lipinski definition) is 5. The standard InChI is InChI=1S/C30H38FN5/c1-30(2,3)24-8-10-25(11-9-24)34-28-26-13-18-36(29-22(19-31)7-6-14-32-29)21-27(26)23(20-33-28)12-17-35-15-4-5-16-35/h6-11,14,20H,4-5,12-13,15-19,21H2,1-3H3,(H,33,34). The molecule has 0 radical (unpaired) electrons. The van der Waals surface area contributed by atoms with Gasteiger partial charge in [0.15, 0.2) is 0 Å². The SMILES string of the molecule is CC(C)(C)c1ccc(Nc2ncc(CCN3CCCC3)c3c2CCN(c2ncccc2CF)C3)cc1. The fourth-order valence-electron chi connectivity index (χ4n) is 5.42. The van der Waals surface area contributed by atoms with Gasteiger partial charge < -0.3 is 15.1 Å². The van der Waals surface area contributed by atoms with E-state index in [1.54, 1.807) is 6.20 Å². The third-order valence-electron chi connectivity index (χ3n) is 7.59. The number of hydrogen-bond donors (Lipinski definition) is 1. The molecule has 0 unspecified atom stereocenters. The molecule has 0 spiro atoms. The van der Waals surface area contributed by atoms with Gasteiger partial charge in [-0.05, 0) is 79.1 Å². The van der Waals surface area contributed by atoms with E-state index in [9.17, 15) is 4.39 Å². The molecule has 5 rings (SSSR count). The van der Waals surface area contributed by atoms with Crippen LogP contribution in [0.5, 0.6) is 0 Å². The van der Waals surface area contributed by atoms with Crippen LogP contribution in [0.2, 0.25) is 0 Å². The van der Waals surface area contributed by atoms with Crippen LogP contribution in [0.1, 0.15) is 61.4 Å². The van der Waals surface area contributed by atoms with Gasteiger partial charge in [-0.15, -0.1) is 0 Å². The molecule has 36 heavy (non-hydrogen) atoms. The van der Waals surface area contributed by atoms with Crippen LogP contribution in [-0.2, 0) is 31.5 Å². The smallest absolute Gasteiger partial charge is 0.134 e. The van der Waals surface area contributed by atoms with Gasteiger partial charge >= 0.3 is 0 Å². The number of aromatic nitrogens is 2. The Morgan fingerprint density at radius 3 is 2.44 bits per heavy atom. The summed E-state index contributed by atoms with van der Waals surface area (Å²) in [6.45, 7) is 11.2. The zero-order valence-electron chi connectivity index (χ0n) is 21.9. The molecule has 0 saturated carbocycles. The van der Waals surface area contributed by atoms with Crippen LogP contribution in [0.15, 0.2) is 48.8 Å². The van der Waals surface area contributed by atoms with Gasteiger partial charge in [-0.25, -0.2) is 14.4 Å². The Labute approximate surface area is 214 Å². The van der Waals surface area contributed by atoms with Crippen LogP contribution in [0.4, 0.5) is 21.7 Å². The maximum absolute atomic E-state index is 13.7. The van der Waals surface area contributed by atoms with Crippen LogP contribution >= 0.6 is 0 Å². The van der Waals surface area contributed by atoms with Crippen LogP contribution in [0.3, 0.4) is 0 Å². The molecule has 1 fully saturated rings. The van der Waals surface area contributed by atoms with E-state index in [1.165, 1.54) is 48.2 Å². The van der Waals surface area contributed by atoms with Gasteiger partial charge in [-0.1, -0.05) is 39.0 Å². The number of halogens is 1. The molecule has 0 bridgehead atoms. The van der Waals surface area contributed by atoms with E-state index >= 15 is 0 Å². The molecular formula is C30H38FN5. The summed E-state index contributed by atoms with van der Waals surface area (Å²) < 4.78 is 13.7. The summed E-state index contributed by atoms with van der Waals surface area (Å²) in [6.07, 6.45) is 8.25. The molecule has 0 aliphatic carbocycles. The number of fused-ring (bicyclic) bond motifs is 1. The number of pyridine rings is 2. The third kappa shape index (κ3) is 5.39. The van der Waals surface area contributed by atoms with E-state index < -0.39 is 6.67 Å². The van der Waals surface area contributed by atoms with Crippen LogP contribution < -0.4 is 10.2 Å². The van der Waals surface area contributed by atoms with Crippen LogP contribution in [-0.4, -0.2) is 41.0 Å². The highest BCUT2D eigenvalue weighted by Gasteiger charge is 2.25. The van der Waals surface area contributed by atoms with Crippen molar-refractivity contribution in [2.75, 3.05) is 36.4 Å². The average Bonchev–Trinajstić information content (AvgIpc) is 3.41. The first kappa shape index (κ1) is 24.7. The molecule has 0 atom stereocenters. The average molecular weight is 488 g/mol. The van der Waals surface area contributed by atoms with Crippen molar-refractivity contribution < 1.29 is 4.39 Å². The Kier molecular flexibility index (Phi) is 7.24. The zero-order valence-corrected chi connectivity index (χ0v) is 21.9. The quantitative estimate of drug-likeness (QED) is 0.431. The van der Waals surface area contributed by atoms with Crippen molar-refractivity contribution in [2.24, 2.45) is 0 Å². The first-order valence-corrected chi connectivity index (χ1v) is 13.3. The highest BCUT2D eigenvalue weighted by atomic mass is 19.1. The maximum Gasteiger partial charge on any atom is 0.134 e. The molecular weight excluding hydrogens is 449 g/mol. The normalized spacial score (nSPS) is 16.3. The minimum absolute atomic E-state index is 0.125. The molecule has 2 aliphatic rings. The molecule has 4 heterocycles. The van der Waals surface area contributed by atoms with Crippen LogP contribution in [0.25, 0.3) is 0 Å². The third-order valence-corrected chi connectivity index (χ3v) is 7.59. The Bertz CT molecular complexity index is 1180. The summed E-state index contributed by atoms with van der Waals surface area (Å²) in [6, 6.07) is 12.3. The number of alkyl halides is 1. The number of anilines is 3. The molecule has 190 valence electrons. The molecule has 2 aliphatic heterocycles. The van der Waals surface area contributed by atoms with E-state index in [2.05, 4.69) is 71.3 Å². The Hall–Kier alpha value is -2.99. The monoisotopic (exact) mass is 487 g/mol. The minimum Gasteiger partial charge on any atom is -0.352 e. The Morgan fingerprint density at radius 2 is 1.72 bits per heavy atom. The van der Waals surface area contributed by atoms with Crippen molar-refractivity contribution in [3.05, 3.63) is 76.6 Å². The summed E-state index contributed by atoms with van der Waals surface area (Å²) in [7, 11) is 0. The Morgan fingerprint density at radius 1 is 0.944 bits per heavy atom. The number of likely N-dealkylation sites (tertiary alicyclic amines) is 1. The fourth-order valence-corrected chi connectivity index (χ4v) is 5.42. The molecule has 1 saturated heterocycles. The van der Waals surface area contributed by atoms with Gasteiger partial charge in [0.05, 0.1) is 0 Å². The highest BCUT2D eigenvalue weighted by molar-refractivity contribution is 5.64. The topological polar surface area (TPSA) is 44.3 Å². The number of benzene rings is 1. The molecule has 0 amide bonds. The van der Waals surface area contributed by atoms with Gasteiger partial charge in [-0.3, -0.25) is 0 Å². The largest absolute Gasteiger partial charge is 0.352 e. The van der Waals surface area contributed by atoms with E-state index in [-0.39, 0.29) is 5.41 Å². The zero-order chi connectivity index (χ0) is 25.1. The van der Waals surface area contributed by atoms with Crippen molar-refractivity contribution >= 4 is 17.3 Å². The summed E-state index contributed by atoms with van der Waals surface area (Å²) in [5.41, 5.74) is 7.05. The highest BCUT2D eigenvalue weighted by Crippen LogP contribution is 2.33. The Balaban J connectivity index is 1.44. The molecule has 1 N–H and O–H groups in total. The lowest BCUT2D eigenvalue weighted by Gasteiger charge is -2.33. The van der Waals surface area contributed by atoms with Gasteiger partial charge in [0.25, 0.3) is 0 Å². The predicted octanol–water partition coefficient (Wildman–Crippen LogP) is 6.19. The summed E-state index contributed by atoms with van der Waals surface area (Å²) in [4.78, 5) is 14.2. The van der Waals surface area contributed by atoms with Gasteiger partial charge in [0.2, 0.25) is 0 Å². The maximum atomic E-state index is 13.7. The van der Waals surface area contributed by atoms with Crippen molar-refractivity contribution in [1.82, 2.24) is 14.9 Å². The molecule has 2 aromatic heterocycles. The minimum atomic E-state index is -0.498. The number of nitrogens with zero attached hydrogens (tertiary/aromatic N) is 4. The van der Waals surface area contributed by atoms with Gasteiger partial charge in [0.1, 0.15) is 18.3 Å². The molecule has 3 aromatic rings. The van der Waals surface area contributed by atoms with Crippen molar-refractivity contribution in [3.8, 4) is 0 Å². The van der Waals surface area contributed by atoms with E-state index in [0.717, 1.165) is 49.8 Å². The first-order valence-electron chi connectivity index (χ1n) is 13.3. The van der Waals surface area contributed by atoms with E-state index in [1.807, 2.05) is 12.1 Å². The summed E-state index contributed by atoms with van der Waals surface area (Å²) in [5, 5.41) is 3.60. The first-order chi connectivity index (χ1) is 17.4. The fraction of sp³-hybridized carbons (Fsp3) is 0.467. The second-order valence-electron chi connectivity index (χ2n) is 11.1. The summed E-state index contributed by atoms with van der Waals surface area (Å²) >= 11 is 0. The number of nitrogens with one attached hydrogen (secondary N) is 1. The lowest BCUT2D eigenvalue weighted by Crippen LogP contribution is -2.33. The second-order valence-corrected chi connectivity index (χ2v) is 11.1. The van der Waals surface area contributed by atoms with E-state index in [0.29, 0.717) is 5.56 Å². The van der Waals surface area contributed by atoms with Crippen molar-refractivity contribution in [3.63, 3.8) is 0 Å². The van der Waals surface area contributed by atoms with Crippen LogP contribution in [0, 0.1) is 0 Å². The van der Waals surface area contributed by atoms with Crippen molar-refractivity contribution in [2.45, 2.75) is 65.1 Å². The molecule has 1 aromatic carbocycles.